The molecule has 1 amide bonds. The zero-order valence-corrected chi connectivity index (χ0v) is 11.4. The Morgan fingerprint density at radius 3 is 2.89 bits per heavy atom. The normalized spacial score (nSPS) is 21.3. The first-order chi connectivity index (χ1) is 8.99. The molecule has 0 bridgehead atoms. The summed E-state index contributed by atoms with van der Waals surface area (Å²) in [6.07, 6.45) is 1.34. The van der Waals surface area contributed by atoms with E-state index >= 15 is 0 Å². The lowest BCUT2D eigenvalue weighted by Gasteiger charge is -2.34. The fourth-order valence-corrected chi connectivity index (χ4v) is 2.55. The Bertz CT molecular complexity index is 473. The Hall–Kier alpha value is -1.42. The minimum Gasteiger partial charge on any atom is -0.393 e. The number of benzene rings is 1. The Labute approximate surface area is 113 Å². The molecular weight excluding hydrogens is 245 g/mol. The highest BCUT2D eigenvalue weighted by Crippen LogP contribution is 2.22. The van der Waals surface area contributed by atoms with Gasteiger partial charge in [-0.2, -0.15) is 0 Å². The van der Waals surface area contributed by atoms with Crippen molar-refractivity contribution in [2.45, 2.75) is 32.8 Å². The van der Waals surface area contributed by atoms with Crippen molar-refractivity contribution in [2.24, 2.45) is 5.92 Å². The summed E-state index contributed by atoms with van der Waals surface area (Å²) in [5.74, 6) is -0.654. The van der Waals surface area contributed by atoms with E-state index in [1.54, 1.807) is 30.9 Å². The van der Waals surface area contributed by atoms with Crippen LogP contribution in [-0.4, -0.2) is 35.1 Å². The van der Waals surface area contributed by atoms with Crippen LogP contribution >= 0.6 is 0 Å². The number of aliphatic hydroxyl groups excluding tert-OH is 1. The average Bonchev–Trinajstić information content (AvgIpc) is 2.38. The number of aryl methyl sites for hydroxylation is 1. The molecule has 0 aliphatic carbocycles. The molecule has 0 saturated carbocycles. The lowest BCUT2D eigenvalue weighted by molar-refractivity contribution is 0.0463. The van der Waals surface area contributed by atoms with Gasteiger partial charge in [0.2, 0.25) is 0 Å². The molecule has 0 radical (unpaired) electrons. The Morgan fingerprint density at radius 1 is 1.53 bits per heavy atom. The molecule has 1 aliphatic rings. The monoisotopic (exact) mass is 265 g/mol. The fraction of sp³-hybridized carbons (Fsp3) is 0.533. The molecular formula is C15H20FNO2. The van der Waals surface area contributed by atoms with Gasteiger partial charge in [-0.25, -0.2) is 4.39 Å². The van der Waals surface area contributed by atoms with Gasteiger partial charge in [-0.15, -0.1) is 0 Å². The van der Waals surface area contributed by atoms with Crippen molar-refractivity contribution in [1.82, 2.24) is 4.90 Å². The molecule has 2 atom stereocenters. The Balaban J connectivity index is 2.15. The number of piperidine rings is 1. The van der Waals surface area contributed by atoms with E-state index in [1.165, 1.54) is 6.07 Å². The van der Waals surface area contributed by atoms with E-state index in [0.717, 1.165) is 18.4 Å². The van der Waals surface area contributed by atoms with Crippen molar-refractivity contribution in [1.29, 1.82) is 0 Å². The zero-order chi connectivity index (χ0) is 14.0. The second-order valence-electron chi connectivity index (χ2n) is 5.38. The van der Waals surface area contributed by atoms with E-state index < -0.39 is 11.9 Å². The van der Waals surface area contributed by atoms with Crippen LogP contribution in [0.1, 0.15) is 35.7 Å². The van der Waals surface area contributed by atoms with Crippen molar-refractivity contribution >= 4 is 5.91 Å². The van der Waals surface area contributed by atoms with E-state index in [4.69, 9.17) is 0 Å². The van der Waals surface area contributed by atoms with Crippen molar-refractivity contribution in [3.05, 3.63) is 35.1 Å². The smallest absolute Gasteiger partial charge is 0.256 e. The molecule has 1 saturated heterocycles. The highest BCUT2D eigenvalue weighted by molar-refractivity contribution is 5.94. The largest absolute Gasteiger partial charge is 0.393 e. The molecule has 1 aliphatic heterocycles. The van der Waals surface area contributed by atoms with Crippen LogP contribution in [0.4, 0.5) is 4.39 Å². The summed E-state index contributed by atoms with van der Waals surface area (Å²) in [6, 6.07) is 4.66. The SMILES string of the molecule is Cc1ccc(C(=O)N2CCCC(C(C)O)C2)c(F)c1. The summed E-state index contributed by atoms with van der Waals surface area (Å²) in [6.45, 7) is 4.67. The molecule has 2 unspecified atom stereocenters. The van der Waals surface area contributed by atoms with Gasteiger partial charge in [-0.1, -0.05) is 6.07 Å². The summed E-state index contributed by atoms with van der Waals surface area (Å²) in [4.78, 5) is 14.0. The van der Waals surface area contributed by atoms with Gasteiger partial charge in [0.1, 0.15) is 5.82 Å². The quantitative estimate of drug-likeness (QED) is 0.891. The Kier molecular flexibility index (Phi) is 4.20. The standard InChI is InChI=1S/C15H20FNO2/c1-10-5-6-13(14(16)8-10)15(19)17-7-3-4-12(9-17)11(2)18/h5-6,8,11-12,18H,3-4,7,9H2,1-2H3. The summed E-state index contributed by atoms with van der Waals surface area (Å²) >= 11 is 0. The van der Waals surface area contributed by atoms with E-state index in [1.807, 2.05) is 0 Å². The third kappa shape index (κ3) is 3.13. The molecule has 1 fully saturated rings. The van der Waals surface area contributed by atoms with Crippen LogP contribution < -0.4 is 0 Å². The van der Waals surface area contributed by atoms with E-state index in [-0.39, 0.29) is 17.4 Å². The number of aliphatic hydroxyl groups is 1. The van der Waals surface area contributed by atoms with Gasteiger partial charge in [0.25, 0.3) is 5.91 Å². The molecule has 1 N–H and O–H groups in total. The minimum absolute atomic E-state index is 0.0891. The number of hydrogen-bond acceptors (Lipinski definition) is 2. The highest BCUT2D eigenvalue weighted by Gasteiger charge is 2.28. The Morgan fingerprint density at radius 2 is 2.26 bits per heavy atom. The van der Waals surface area contributed by atoms with E-state index in [2.05, 4.69) is 0 Å². The van der Waals surface area contributed by atoms with Crippen LogP contribution in [0.25, 0.3) is 0 Å². The van der Waals surface area contributed by atoms with Crippen LogP contribution in [0.15, 0.2) is 18.2 Å². The van der Waals surface area contributed by atoms with Crippen molar-refractivity contribution < 1.29 is 14.3 Å². The second-order valence-corrected chi connectivity index (χ2v) is 5.38. The molecule has 2 rings (SSSR count). The maximum Gasteiger partial charge on any atom is 0.256 e. The van der Waals surface area contributed by atoms with E-state index in [0.29, 0.717) is 13.1 Å². The van der Waals surface area contributed by atoms with Gasteiger partial charge in [-0.05, 0) is 44.4 Å². The van der Waals surface area contributed by atoms with Crippen molar-refractivity contribution in [3.8, 4) is 0 Å². The molecule has 0 spiro atoms. The molecule has 104 valence electrons. The molecule has 1 aromatic rings. The second kappa shape index (κ2) is 5.70. The maximum absolute atomic E-state index is 13.8. The summed E-state index contributed by atoms with van der Waals surface area (Å²) < 4.78 is 13.8. The van der Waals surface area contributed by atoms with Crippen LogP contribution in [0.3, 0.4) is 0 Å². The number of carbonyl (C=O) groups excluding carboxylic acids is 1. The summed E-state index contributed by atoms with van der Waals surface area (Å²) in [5.41, 5.74) is 0.923. The molecule has 0 aromatic heterocycles. The van der Waals surface area contributed by atoms with Gasteiger partial charge in [-0.3, -0.25) is 4.79 Å². The number of carbonyl (C=O) groups is 1. The first kappa shape index (κ1) is 14.0. The lowest BCUT2D eigenvalue weighted by atomic mass is 9.93. The van der Waals surface area contributed by atoms with Crippen molar-refractivity contribution in [2.75, 3.05) is 13.1 Å². The number of hydrogen-bond donors (Lipinski definition) is 1. The van der Waals surface area contributed by atoms with Gasteiger partial charge in [0.05, 0.1) is 11.7 Å². The van der Waals surface area contributed by atoms with Crippen LogP contribution in [-0.2, 0) is 0 Å². The third-order valence-electron chi connectivity index (χ3n) is 3.78. The zero-order valence-electron chi connectivity index (χ0n) is 11.4. The van der Waals surface area contributed by atoms with Gasteiger partial charge >= 0.3 is 0 Å². The maximum atomic E-state index is 13.8. The lowest BCUT2D eigenvalue weighted by Crippen LogP contribution is -2.43. The van der Waals surface area contributed by atoms with Gasteiger partial charge < -0.3 is 10.0 Å². The first-order valence-corrected chi connectivity index (χ1v) is 6.72. The summed E-state index contributed by atoms with van der Waals surface area (Å²) in [5, 5.41) is 9.63. The molecule has 1 heterocycles. The fourth-order valence-electron chi connectivity index (χ4n) is 2.55. The van der Waals surface area contributed by atoms with Gasteiger partial charge in [0, 0.05) is 19.0 Å². The third-order valence-corrected chi connectivity index (χ3v) is 3.78. The number of amides is 1. The van der Waals surface area contributed by atoms with Crippen LogP contribution in [0.2, 0.25) is 0 Å². The minimum atomic E-state index is -0.468. The molecule has 19 heavy (non-hydrogen) atoms. The number of nitrogens with zero attached hydrogens (tertiary/aromatic N) is 1. The number of halogens is 1. The highest BCUT2D eigenvalue weighted by atomic mass is 19.1. The average molecular weight is 265 g/mol. The molecule has 4 heteroatoms. The predicted octanol–water partition coefficient (Wildman–Crippen LogP) is 2.37. The summed E-state index contributed by atoms with van der Waals surface area (Å²) in [7, 11) is 0. The number of likely N-dealkylation sites (tertiary alicyclic amines) is 1. The molecule has 3 nitrogen and oxygen atoms in total. The number of rotatable bonds is 2. The first-order valence-electron chi connectivity index (χ1n) is 6.72. The van der Waals surface area contributed by atoms with E-state index in [9.17, 15) is 14.3 Å². The van der Waals surface area contributed by atoms with Gasteiger partial charge in [0.15, 0.2) is 0 Å². The van der Waals surface area contributed by atoms with Crippen LogP contribution in [0.5, 0.6) is 0 Å². The van der Waals surface area contributed by atoms with Crippen molar-refractivity contribution in [3.63, 3.8) is 0 Å². The predicted molar refractivity (Wildman–Crippen MR) is 71.4 cm³/mol. The topological polar surface area (TPSA) is 40.5 Å². The molecule has 1 aromatic carbocycles. The van der Waals surface area contributed by atoms with Crippen LogP contribution in [0, 0.1) is 18.7 Å².